The monoisotopic (exact) mass is 340 g/mol. The van der Waals surface area contributed by atoms with E-state index in [1.165, 1.54) is 37.6 Å². The van der Waals surface area contributed by atoms with Gasteiger partial charge in [-0.2, -0.15) is 0 Å². The van der Waals surface area contributed by atoms with E-state index in [-0.39, 0.29) is 17.2 Å². The lowest BCUT2D eigenvalue weighted by atomic mass is 10.1. The van der Waals surface area contributed by atoms with Gasteiger partial charge in [0.25, 0.3) is 0 Å². The molecule has 0 amide bonds. The van der Waals surface area contributed by atoms with Crippen LogP contribution in [-0.2, 0) is 10.0 Å². The summed E-state index contributed by atoms with van der Waals surface area (Å²) in [6.45, 7) is 1.85. The van der Waals surface area contributed by atoms with E-state index in [1.54, 1.807) is 12.1 Å². The Balaban J connectivity index is 2.14. The lowest BCUT2D eigenvalue weighted by molar-refractivity contribution is 0.101. The molecule has 0 aliphatic carbocycles. The average Bonchev–Trinajstić information content (AvgIpc) is 2.90. The van der Waals surface area contributed by atoms with Crippen molar-refractivity contribution in [2.75, 3.05) is 26.0 Å². The Labute approximate surface area is 133 Å². The zero-order valence-electron chi connectivity index (χ0n) is 12.4. The van der Waals surface area contributed by atoms with E-state index in [1.807, 2.05) is 6.92 Å². The number of nitrogens with zero attached hydrogens (tertiary/aromatic N) is 3. The first-order valence-electron chi connectivity index (χ1n) is 6.40. The topological polar surface area (TPSA) is 92.3 Å². The Kier molecular flexibility index (Phi) is 4.89. The SMILES string of the molecule is Cc1nnc(NCC(=O)c2cccc(S(=O)(=O)N(C)C)c2)s1. The maximum Gasteiger partial charge on any atom is 0.242 e. The summed E-state index contributed by atoms with van der Waals surface area (Å²) in [7, 11) is -0.661. The van der Waals surface area contributed by atoms with Gasteiger partial charge in [-0.1, -0.05) is 23.5 Å². The first kappa shape index (κ1) is 16.5. The molecular weight excluding hydrogens is 324 g/mol. The number of sulfonamides is 1. The van der Waals surface area contributed by atoms with Gasteiger partial charge in [0, 0.05) is 19.7 Å². The van der Waals surface area contributed by atoms with E-state index in [9.17, 15) is 13.2 Å². The number of anilines is 1. The van der Waals surface area contributed by atoms with Gasteiger partial charge in [0.2, 0.25) is 15.2 Å². The van der Waals surface area contributed by atoms with Crippen LogP contribution in [0.5, 0.6) is 0 Å². The van der Waals surface area contributed by atoms with Crippen LogP contribution in [0.1, 0.15) is 15.4 Å². The van der Waals surface area contributed by atoms with Gasteiger partial charge < -0.3 is 5.32 Å². The molecule has 1 aromatic heterocycles. The maximum atomic E-state index is 12.2. The van der Waals surface area contributed by atoms with Crippen LogP contribution < -0.4 is 5.32 Å². The molecule has 0 unspecified atom stereocenters. The second-order valence-electron chi connectivity index (χ2n) is 4.72. The summed E-state index contributed by atoms with van der Waals surface area (Å²) in [5.41, 5.74) is 0.330. The molecule has 1 aromatic carbocycles. The van der Waals surface area contributed by atoms with Crippen LogP contribution in [0.3, 0.4) is 0 Å². The van der Waals surface area contributed by atoms with Gasteiger partial charge in [0.1, 0.15) is 5.01 Å². The number of benzene rings is 1. The molecule has 0 radical (unpaired) electrons. The molecule has 2 rings (SSSR count). The van der Waals surface area contributed by atoms with Crippen molar-refractivity contribution in [1.82, 2.24) is 14.5 Å². The minimum Gasteiger partial charge on any atom is -0.353 e. The molecule has 9 heteroatoms. The fraction of sp³-hybridized carbons (Fsp3) is 0.308. The molecule has 22 heavy (non-hydrogen) atoms. The third-order valence-corrected chi connectivity index (χ3v) is 5.47. The summed E-state index contributed by atoms with van der Waals surface area (Å²) in [5, 5.41) is 11.9. The highest BCUT2D eigenvalue weighted by Crippen LogP contribution is 2.16. The molecule has 0 atom stereocenters. The van der Waals surface area contributed by atoms with Crippen molar-refractivity contribution in [3.05, 3.63) is 34.8 Å². The highest BCUT2D eigenvalue weighted by molar-refractivity contribution is 7.89. The molecule has 0 saturated carbocycles. The highest BCUT2D eigenvalue weighted by Gasteiger charge is 2.18. The second-order valence-corrected chi connectivity index (χ2v) is 8.05. The largest absolute Gasteiger partial charge is 0.353 e. The highest BCUT2D eigenvalue weighted by atomic mass is 32.2. The summed E-state index contributed by atoms with van der Waals surface area (Å²) in [4.78, 5) is 12.3. The molecule has 118 valence electrons. The predicted molar refractivity (Wildman–Crippen MR) is 84.8 cm³/mol. The number of carbonyl (C=O) groups excluding carboxylic acids is 1. The van der Waals surface area contributed by atoms with Crippen LogP contribution in [-0.4, -0.2) is 49.3 Å². The van der Waals surface area contributed by atoms with Crippen LogP contribution in [0.15, 0.2) is 29.2 Å². The van der Waals surface area contributed by atoms with E-state index in [0.717, 1.165) is 9.31 Å². The number of Topliss-reactive ketones (excluding diaryl/α,β-unsaturated/α-hetero) is 1. The summed E-state index contributed by atoms with van der Waals surface area (Å²) >= 11 is 1.35. The quantitative estimate of drug-likeness (QED) is 0.799. The molecular formula is C13H16N4O3S2. The lowest BCUT2D eigenvalue weighted by Crippen LogP contribution is -2.22. The normalized spacial score (nSPS) is 11.6. The van der Waals surface area contributed by atoms with Crippen LogP contribution in [0.25, 0.3) is 0 Å². The van der Waals surface area contributed by atoms with Crippen molar-refractivity contribution in [3.8, 4) is 0 Å². The Morgan fingerprint density at radius 3 is 2.64 bits per heavy atom. The van der Waals surface area contributed by atoms with E-state index in [4.69, 9.17) is 0 Å². The van der Waals surface area contributed by atoms with Crippen LogP contribution in [0, 0.1) is 6.92 Å². The smallest absolute Gasteiger partial charge is 0.242 e. The van der Waals surface area contributed by atoms with Gasteiger partial charge >= 0.3 is 0 Å². The van der Waals surface area contributed by atoms with E-state index in [2.05, 4.69) is 15.5 Å². The minimum absolute atomic E-state index is 0.0279. The fourth-order valence-electron chi connectivity index (χ4n) is 1.67. The third-order valence-electron chi connectivity index (χ3n) is 2.86. The standard InChI is InChI=1S/C13H16N4O3S2/c1-9-15-16-13(21-9)14-8-12(18)10-5-4-6-11(7-10)22(19,20)17(2)3/h4-7H,8H2,1-3H3,(H,14,16). The molecule has 0 spiro atoms. The molecule has 2 aromatic rings. The molecule has 0 fully saturated rings. The summed E-state index contributed by atoms with van der Waals surface area (Å²) in [6, 6.07) is 5.99. The summed E-state index contributed by atoms with van der Waals surface area (Å²) in [5.74, 6) is -0.219. The summed E-state index contributed by atoms with van der Waals surface area (Å²) in [6.07, 6.45) is 0. The minimum atomic E-state index is -3.56. The number of aryl methyl sites for hydroxylation is 1. The number of rotatable bonds is 6. The van der Waals surface area contributed by atoms with Gasteiger partial charge in [-0.25, -0.2) is 12.7 Å². The molecule has 0 saturated heterocycles. The zero-order chi connectivity index (χ0) is 16.3. The first-order valence-corrected chi connectivity index (χ1v) is 8.66. The fourth-order valence-corrected chi connectivity index (χ4v) is 3.20. The number of nitrogens with one attached hydrogen (secondary N) is 1. The second kappa shape index (κ2) is 6.51. The molecule has 1 heterocycles. The van der Waals surface area contributed by atoms with Crippen molar-refractivity contribution >= 4 is 32.3 Å². The van der Waals surface area contributed by atoms with Crippen molar-refractivity contribution in [1.29, 1.82) is 0 Å². The third kappa shape index (κ3) is 3.67. The number of hydrogen-bond acceptors (Lipinski definition) is 7. The average molecular weight is 340 g/mol. The molecule has 0 bridgehead atoms. The van der Waals surface area contributed by atoms with Crippen molar-refractivity contribution in [2.45, 2.75) is 11.8 Å². The lowest BCUT2D eigenvalue weighted by Gasteiger charge is -2.12. The van der Waals surface area contributed by atoms with Gasteiger partial charge in [-0.15, -0.1) is 10.2 Å². The van der Waals surface area contributed by atoms with Gasteiger partial charge in [0.15, 0.2) is 5.78 Å². The van der Waals surface area contributed by atoms with Gasteiger partial charge in [-0.05, 0) is 19.1 Å². The molecule has 0 aliphatic rings. The van der Waals surface area contributed by atoms with E-state index >= 15 is 0 Å². The Morgan fingerprint density at radius 1 is 1.32 bits per heavy atom. The Morgan fingerprint density at radius 2 is 2.05 bits per heavy atom. The van der Waals surface area contributed by atoms with Crippen LogP contribution in [0.2, 0.25) is 0 Å². The maximum absolute atomic E-state index is 12.2. The number of aromatic nitrogens is 2. The molecule has 1 N–H and O–H groups in total. The first-order chi connectivity index (χ1) is 10.3. The van der Waals surface area contributed by atoms with Gasteiger partial charge in [0.05, 0.1) is 11.4 Å². The van der Waals surface area contributed by atoms with E-state index in [0.29, 0.717) is 10.7 Å². The zero-order valence-corrected chi connectivity index (χ0v) is 14.0. The number of hydrogen-bond donors (Lipinski definition) is 1. The van der Waals surface area contributed by atoms with Crippen molar-refractivity contribution in [3.63, 3.8) is 0 Å². The molecule has 0 aliphatic heterocycles. The van der Waals surface area contributed by atoms with Gasteiger partial charge in [-0.3, -0.25) is 4.79 Å². The Bertz CT molecular complexity index is 784. The number of carbonyl (C=O) groups is 1. The summed E-state index contributed by atoms with van der Waals surface area (Å²) < 4.78 is 25.3. The van der Waals surface area contributed by atoms with Crippen LogP contribution in [0.4, 0.5) is 5.13 Å². The molecule has 7 nitrogen and oxygen atoms in total. The van der Waals surface area contributed by atoms with Crippen LogP contribution >= 0.6 is 11.3 Å². The Hall–Kier alpha value is -1.84. The van der Waals surface area contributed by atoms with Crippen molar-refractivity contribution < 1.29 is 13.2 Å². The predicted octanol–water partition coefficient (Wildman–Crippen LogP) is 1.39. The van der Waals surface area contributed by atoms with E-state index < -0.39 is 10.0 Å². The van der Waals surface area contributed by atoms with Crippen molar-refractivity contribution in [2.24, 2.45) is 0 Å². The number of ketones is 1.